The van der Waals surface area contributed by atoms with Crippen LogP contribution >= 0.6 is 0 Å². The Kier molecular flexibility index (Phi) is 55.9. The minimum Gasteiger partial charge on any atom is -0.462 e. The molecule has 392 valence electrons. The average molecular weight is 948 g/mol. The van der Waals surface area contributed by atoms with Crippen molar-refractivity contribution >= 4 is 11.9 Å². The Bertz CT molecular complexity index is 1250. The summed E-state index contributed by atoms with van der Waals surface area (Å²) in [6.45, 7) is 4.04. The van der Waals surface area contributed by atoms with Crippen molar-refractivity contribution in [2.45, 2.75) is 290 Å². The van der Waals surface area contributed by atoms with Crippen molar-refractivity contribution in [2.75, 3.05) is 13.2 Å². The molecule has 5 heteroatoms. The third-order valence-electron chi connectivity index (χ3n) is 12.7. The van der Waals surface area contributed by atoms with Crippen molar-refractivity contribution in [3.63, 3.8) is 0 Å². The van der Waals surface area contributed by atoms with E-state index in [9.17, 15) is 14.7 Å². The SMILES string of the molecule is CC/C=C\C/C=C\C/C=C\C/C=C\C/C=C\C/C=C\CCCCCCCCCCCCCCCCCCCCC(=O)OC(CO)COC(=O)CCCCCCCCC/C=C\CCCCCCCC. The van der Waals surface area contributed by atoms with Gasteiger partial charge in [0.25, 0.3) is 0 Å². The molecule has 0 aromatic rings. The predicted octanol–water partition coefficient (Wildman–Crippen LogP) is 19.8. The van der Waals surface area contributed by atoms with Gasteiger partial charge in [0, 0.05) is 12.8 Å². The second kappa shape index (κ2) is 58.4. The maximum Gasteiger partial charge on any atom is 0.306 e. The van der Waals surface area contributed by atoms with Crippen LogP contribution in [0.3, 0.4) is 0 Å². The molecule has 5 nitrogen and oxygen atoms in total. The number of unbranched alkanes of at least 4 members (excludes halogenated alkanes) is 31. The standard InChI is InChI=1S/C63H110O5/c1-3-5-7-9-11-13-15-17-19-21-22-23-24-25-26-27-28-29-30-31-32-33-34-35-36-37-38-39-40-42-44-46-48-50-52-54-56-58-63(66)68-61(59-64)60-67-62(65)57-55-53-51-49-47-45-43-41-20-18-16-14-12-10-8-6-4-2/h5,7,11,13,17-20,22-23,25-26,28-29,61,64H,3-4,6,8-10,12,14-16,21,24,27,30-60H2,1-2H3/b7-5-,13-11-,19-17-,20-18-,23-22-,26-25-,29-28-. The number of aliphatic hydroxyl groups excluding tert-OH is 1. The Morgan fingerprint density at radius 3 is 0.971 bits per heavy atom. The summed E-state index contributed by atoms with van der Waals surface area (Å²) < 4.78 is 10.7. The third-order valence-corrected chi connectivity index (χ3v) is 12.7. The van der Waals surface area contributed by atoms with Gasteiger partial charge >= 0.3 is 11.9 Å². The van der Waals surface area contributed by atoms with Crippen molar-refractivity contribution in [1.82, 2.24) is 0 Å². The van der Waals surface area contributed by atoms with E-state index in [-0.39, 0.29) is 25.2 Å². The van der Waals surface area contributed by atoms with Crippen LogP contribution in [0.4, 0.5) is 0 Å². The fourth-order valence-corrected chi connectivity index (χ4v) is 8.32. The van der Waals surface area contributed by atoms with Gasteiger partial charge in [-0.1, -0.05) is 266 Å². The summed E-state index contributed by atoms with van der Waals surface area (Å²) >= 11 is 0. The molecule has 0 saturated heterocycles. The highest BCUT2D eigenvalue weighted by Gasteiger charge is 2.16. The maximum absolute atomic E-state index is 12.3. The van der Waals surface area contributed by atoms with E-state index in [1.54, 1.807) is 0 Å². The first-order valence-corrected chi connectivity index (χ1v) is 29.1. The van der Waals surface area contributed by atoms with Gasteiger partial charge in [-0.15, -0.1) is 0 Å². The van der Waals surface area contributed by atoms with Crippen molar-refractivity contribution in [1.29, 1.82) is 0 Å². The number of ether oxygens (including phenoxy) is 2. The molecule has 0 aliphatic rings. The van der Waals surface area contributed by atoms with Gasteiger partial charge < -0.3 is 14.6 Å². The Balaban J connectivity index is 3.46. The highest BCUT2D eigenvalue weighted by molar-refractivity contribution is 5.70. The van der Waals surface area contributed by atoms with Crippen LogP contribution in [0.5, 0.6) is 0 Å². The second-order valence-corrected chi connectivity index (χ2v) is 19.3. The van der Waals surface area contributed by atoms with E-state index in [4.69, 9.17) is 9.47 Å². The van der Waals surface area contributed by atoms with Crippen LogP contribution in [-0.4, -0.2) is 36.4 Å². The summed E-state index contributed by atoms with van der Waals surface area (Å²) in [5, 5.41) is 9.65. The van der Waals surface area contributed by atoms with Gasteiger partial charge in [0.15, 0.2) is 6.10 Å². The van der Waals surface area contributed by atoms with Crippen molar-refractivity contribution < 1.29 is 24.2 Å². The lowest BCUT2D eigenvalue weighted by atomic mass is 10.0. The molecule has 0 heterocycles. The number of allylic oxidation sites excluding steroid dienone is 14. The maximum atomic E-state index is 12.3. The summed E-state index contributed by atoms with van der Waals surface area (Å²) in [7, 11) is 0. The first-order chi connectivity index (χ1) is 33.6. The average Bonchev–Trinajstić information content (AvgIpc) is 3.34. The zero-order valence-electron chi connectivity index (χ0n) is 44.9. The monoisotopic (exact) mass is 947 g/mol. The lowest BCUT2D eigenvalue weighted by Gasteiger charge is -2.15. The molecule has 0 bridgehead atoms. The van der Waals surface area contributed by atoms with Gasteiger partial charge in [-0.25, -0.2) is 0 Å². The molecular weight excluding hydrogens is 837 g/mol. The number of rotatable bonds is 53. The predicted molar refractivity (Wildman–Crippen MR) is 297 cm³/mol. The van der Waals surface area contributed by atoms with E-state index in [2.05, 4.69) is 98.9 Å². The lowest BCUT2D eigenvalue weighted by molar-refractivity contribution is -0.161. The largest absolute Gasteiger partial charge is 0.462 e. The molecular formula is C63H110O5. The van der Waals surface area contributed by atoms with Crippen LogP contribution in [0.25, 0.3) is 0 Å². The van der Waals surface area contributed by atoms with E-state index in [0.717, 1.165) is 77.0 Å². The Morgan fingerprint density at radius 2 is 0.632 bits per heavy atom. The highest BCUT2D eigenvalue weighted by Crippen LogP contribution is 2.16. The summed E-state index contributed by atoms with van der Waals surface area (Å²) in [6.07, 6.45) is 81.4. The van der Waals surface area contributed by atoms with Gasteiger partial charge in [-0.3, -0.25) is 9.59 Å². The molecule has 0 rings (SSSR count). The summed E-state index contributed by atoms with van der Waals surface area (Å²) in [4.78, 5) is 24.5. The summed E-state index contributed by atoms with van der Waals surface area (Å²) in [5.41, 5.74) is 0. The van der Waals surface area contributed by atoms with Gasteiger partial charge in [0.05, 0.1) is 6.61 Å². The van der Waals surface area contributed by atoms with E-state index < -0.39 is 6.10 Å². The summed E-state index contributed by atoms with van der Waals surface area (Å²) in [5.74, 6) is -0.587. The van der Waals surface area contributed by atoms with Crippen molar-refractivity contribution in [2.24, 2.45) is 0 Å². The fraction of sp³-hybridized carbons (Fsp3) is 0.746. The smallest absolute Gasteiger partial charge is 0.306 e. The molecule has 68 heavy (non-hydrogen) atoms. The molecule has 0 aliphatic carbocycles. The number of hydrogen-bond donors (Lipinski definition) is 1. The second-order valence-electron chi connectivity index (χ2n) is 19.3. The molecule has 0 aliphatic heterocycles. The molecule has 0 fully saturated rings. The number of hydrogen-bond acceptors (Lipinski definition) is 5. The quantitative estimate of drug-likeness (QED) is 0.0374. The van der Waals surface area contributed by atoms with Crippen LogP contribution in [0.1, 0.15) is 284 Å². The number of carbonyl (C=O) groups is 2. The van der Waals surface area contributed by atoms with Gasteiger partial charge in [-0.2, -0.15) is 0 Å². The first-order valence-electron chi connectivity index (χ1n) is 29.1. The molecule has 1 N–H and O–H groups in total. The number of aliphatic hydroxyl groups is 1. The Labute approximate surface area is 422 Å². The Hall–Kier alpha value is -2.92. The molecule has 0 amide bonds. The van der Waals surface area contributed by atoms with E-state index in [1.165, 1.54) is 180 Å². The zero-order valence-corrected chi connectivity index (χ0v) is 44.9. The van der Waals surface area contributed by atoms with Crippen LogP contribution in [0.15, 0.2) is 85.1 Å². The molecule has 0 aromatic carbocycles. The Morgan fingerprint density at radius 1 is 0.353 bits per heavy atom. The van der Waals surface area contributed by atoms with E-state index in [0.29, 0.717) is 12.8 Å². The van der Waals surface area contributed by atoms with E-state index >= 15 is 0 Å². The number of esters is 2. The summed E-state index contributed by atoms with van der Waals surface area (Å²) in [6, 6.07) is 0. The van der Waals surface area contributed by atoms with Crippen LogP contribution in [0.2, 0.25) is 0 Å². The zero-order chi connectivity index (χ0) is 49.2. The molecule has 0 radical (unpaired) electrons. The van der Waals surface area contributed by atoms with Gasteiger partial charge in [0.2, 0.25) is 0 Å². The molecule has 0 aromatic heterocycles. The number of carbonyl (C=O) groups excluding carboxylic acids is 2. The normalized spacial score (nSPS) is 12.8. The van der Waals surface area contributed by atoms with Gasteiger partial charge in [0.1, 0.15) is 6.61 Å². The van der Waals surface area contributed by atoms with Crippen LogP contribution in [0, 0.1) is 0 Å². The van der Waals surface area contributed by atoms with Crippen molar-refractivity contribution in [3.05, 3.63) is 85.1 Å². The molecule has 0 spiro atoms. The minimum atomic E-state index is -0.775. The van der Waals surface area contributed by atoms with Crippen molar-refractivity contribution in [3.8, 4) is 0 Å². The highest BCUT2D eigenvalue weighted by atomic mass is 16.6. The lowest BCUT2D eigenvalue weighted by Crippen LogP contribution is -2.28. The van der Waals surface area contributed by atoms with Crippen LogP contribution < -0.4 is 0 Å². The fourth-order valence-electron chi connectivity index (χ4n) is 8.32. The van der Waals surface area contributed by atoms with E-state index in [1.807, 2.05) is 0 Å². The molecule has 0 saturated carbocycles. The molecule has 1 atom stereocenters. The first kappa shape index (κ1) is 65.1. The van der Waals surface area contributed by atoms with Gasteiger partial charge in [-0.05, 0) is 89.9 Å². The van der Waals surface area contributed by atoms with Crippen LogP contribution in [-0.2, 0) is 19.1 Å². The molecule has 1 unspecified atom stereocenters. The topological polar surface area (TPSA) is 72.8 Å². The third kappa shape index (κ3) is 55.7. The minimum absolute atomic E-state index is 0.0672.